The zero-order chi connectivity index (χ0) is 22.0. The fourth-order valence-corrected chi connectivity index (χ4v) is 3.55. The highest BCUT2D eigenvalue weighted by Gasteiger charge is 2.15. The maximum Gasteiger partial charge on any atom is 0.228 e. The van der Waals surface area contributed by atoms with E-state index >= 15 is 0 Å². The van der Waals surface area contributed by atoms with Crippen molar-refractivity contribution in [3.05, 3.63) is 66.0 Å². The Hall–Kier alpha value is -4.33. The number of nitrogens with one attached hydrogen (secondary N) is 3. The standard InChI is InChI=1S/C23H22N6O2/c1-31-20-5-3-2-4-18(20)29-22(30)8-14-6-13(7-15(10-24)23(14)26)17-11-27-19-12-28-21(25)9-16(17)19/h2-7,9-12,24,27H,8,26H2,1H3,(H2,25,28)(H,29,30). The first-order valence-corrected chi connectivity index (χ1v) is 9.59. The number of hydrogen-bond donors (Lipinski definition) is 5. The second kappa shape index (κ2) is 8.19. The summed E-state index contributed by atoms with van der Waals surface area (Å²) in [6.07, 6.45) is 4.75. The Morgan fingerprint density at radius 2 is 2.06 bits per heavy atom. The Bertz CT molecular complexity index is 1290. The molecule has 0 aliphatic rings. The van der Waals surface area contributed by atoms with Crippen LogP contribution in [0, 0.1) is 5.41 Å². The molecule has 8 nitrogen and oxygen atoms in total. The number of anilines is 3. The number of pyridine rings is 1. The summed E-state index contributed by atoms with van der Waals surface area (Å²) in [5.41, 5.74) is 16.8. The van der Waals surface area contributed by atoms with Crippen molar-refractivity contribution in [2.45, 2.75) is 6.42 Å². The van der Waals surface area contributed by atoms with Gasteiger partial charge in [-0.05, 0) is 41.5 Å². The number of carbonyl (C=O) groups is 1. The molecule has 8 heteroatoms. The maximum absolute atomic E-state index is 12.7. The van der Waals surface area contributed by atoms with E-state index in [2.05, 4.69) is 15.3 Å². The molecule has 0 fully saturated rings. The number of aromatic nitrogens is 2. The third kappa shape index (κ3) is 3.91. The number of rotatable bonds is 6. The number of nitrogen functional groups attached to an aromatic ring is 2. The van der Waals surface area contributed by atoms with Crippen molar-refractivity contribution in [1.82, 2.24) is 9.97 Å². The fourth-order valence-electron chi connectivity index (χ4n) is 3.55. The van der Waals surface area contributed by atoms with Gasteiger partial charge in [0, 0.05) is 34.6 Å². The number of para-hydroxylation sites is 2. The van der Waals surface area contributed by atoms with Gasteiger partial charge < -0.3 is 31.9 Å². The summed E-state index contributed by atoms with van der Waals surface area (Å²) in [7, 11) is 1.55. The Morgan fingerprint density at radius 3 is 2.84 bits per heavy atom. The number of carbonyl (C=O) groups excluding carboxylic acids is 1. The van der Waals surface area contributed by atoms with E-state index in [1.807, 2.05) is 30.5 Å². The fraction of sp³-hybridized carbons (Fsp3) is 0.0870. The van der Waals surface area contributed by atoms with E-state index in [4.69, 9.17) is 21.6 Å². The topological polar surface area (TPSA) is 143 Å². The summed E-state index contributed by atoms with van der Waals surface area (Å²) in [4.78, 5) is 20.0. The molecule has 4 aromatic rings. The highest BCUT2D eigenvalue weighted by molar-refractivity contribution is 6.00. The number of fused-ring (bicyclic) bond motifs is 1. The SMILES string of the molecule is COc1ccccc1NC(=O)Cc1cc(-c2c[nH]c3cnc(N)cc23)cc(C=N)c1N. The molecule has 0 spiro atoms. The van der Waals surface area contributed by atoms with Crippen LogP contribution >= 0.6 is 0 Å². The van der Waals surface area contributed by atoms with Gasteiger partial charge in [0.25, 0.3) is 0 Å². The number of hydrogen-bond acceptors (Lipinski definition) is 6. The lowest BCUT2D eigenvalue weighted by Crippen LogP contribution is -2.16. The number of benzene rings is 2. The molecule has 2 heterocycles. The van der Waals surface area contributed by atoms with E-state index in [-0.39, 0.29) is 12.3 Å². The van der Waals surface area contributed by atoms with Gasteiger partial charge in [0.1, 0.15) is 11.6 Å². The number of nitrogens with two attached hydrogens (primary N) is 2. The van der Waals surface area contributed by atoms with Crippen LogP contribution in [0.25, 0.3) is 22.0 Å². The van der Waals surface area contributed by atoms with Gasteiger partial charge in [-0.1, -0.05) is 12.1 Å². The zero-order valence-corrected chi connectivity index (χ0v) is 16.9. The van der Waals surface area contributed by atoms with Crippen LogP contribution in [0.15, 0.2) is 54.9 Å². The molecule has 0 aliphatic carbocycles. The number of amides is 1. The Kier molecular flexibility index (Phi) is 5.28. The first-order chi connectivity index (χ1) is 15.0. The molecule has 1 amide bonds. The van der Waals surface area contributed by atoms with E-state index in [1.165, 1.54) is 6.21 Å². The molecule has 2 aromatic heterocycles. The van der Waals surface area contributed by atoms with Gasteiger partial charge in [0.2, 0.25) is 5.91 Å². The number of methoxy groups -OCH3 is 1. The molecule has 156 valence electrons. The van der Waals surface area contributed by atoms with Crippen LogP contribution in [0.2, 0.25) is 0 Å². The van der Waals surface area contributed by atoms with Gasteiger partial charge >= 0.3 is 0 Å². The minimum Gasteiger partial charge on any atom is -0.495 e. The third-order valence-electron chi connectivity index (χ3n) is 5.08. The first-order valence-electron chi connectivity index (χ1n) is 9.59. The summed E-state index contributed by atoms with van der Waals surface area (Å²) >= 11 is 0. The van der Waals surface area contributed by atoms with Gasteiger partial charge in [-0.3, -0.25) is 4.79 Å². The lowest BCUT2D eigenvalue weighted by molar-refractivity contribution is -0.115. The maximum atomic E-state index is 12.7. The van der Waals surface area contributed by atoms with E-state index in [1.54, 1.807) is 31.5 Å². The normalized spacial score (nSPS) is 10.7. The number of nitrogens with zero attached hydrogens (tertiary/aromatic N) is 1. The molecule has 4 rings (SSSR count). The highest BCUT2D eigenvalue weighted by atomic mass is 16.5. The molecule has 2 aromatic carbocycles. The summed E-state index contributed by atoms with van der Waals surface area (Å²) < 4.78 is 5.29. The van der Waals surface area contributed by atoms with Gasteiger partial charge in [-0.25, -0.2) is 4.98 Å². The predicted molar refractivity (Wildman–Crippen MR) is 124 cm³/mol. The van der Waals surface area contributed by atoms with Crippen molar-refractivity contribution in [2.75, 3.05) is 23.9 Å². The van der Waals surface area contributed by atoms with Gasteiger partial charge in [0.15, 0.2) is 0 Å². The van der Waals surface area contributed by atoms with Crippen LogP contribution in [0.5, 0.6) is 5.75 Å². The van der Waals surface area contributed by atoms with E-state index in [0.29, 0.717) is 34.1 Å². The van der Waals surface area contributed by atoms with Crippen molar-refractivity contribution in [2.24, 2.45) is 0 Å². The zero-order valence-electron chi connectivity index (χ0n) is 16.9. The van der Waals surface area contributed by atoms with Gasteiger partial charge in [0.05, 0.1) is 30.9 Å². The summed E-state index contributed by atoms with van der Waals surface area (Å²) in [5.74, 6) is 0.742. The second-order valence-corrected chi connectivity index (χ2v) is 7.06. The molecular weight excluding hydrogens is 392 g/mol. The van der Waals surface area contributed by atoms with Gasteiger partial charge in [-0.15, -0.1) is 0 Å². The Labute approximate surface area is 178 Å². The van der Waals surface area contributed by atoms with Crippen molar-refractivity contribution < 1.29 is 9.53 Å². The molecule has 0 saturated carbocycles. The van der Waals surface area contributed by atoms with Crippen LogP contribution in [-0.4, -0.2) is 29.2 Å². The lowest BCUT2D eigenvalue weighted by Gasteiger charge is -2.13. The van der Waals surface area contributed by atoms with E-state index in [9.17, 15) is 4.79 Å². The van der Waals surface area contributed by atoms with E-state index in [0.717, 1.165) is 22.0 Å². The second-order valence-electron chi connectivity index (χ2n) is 7.06. The monoisotopic (exact) mass is 414 g/mol. The van der Waals surface area contributed by atoms with Crippen molar-refractivity contribution in [3.8, 4) is 16.9 Å². The van der Waals surface area contributed by atoms with Crippen molar-refractivity contribution >= 4 is 40.2 Å². The molecule has 0 unspecified atom stereocenters. The third-order valence-corrected chi connectivity index (χ3v) is 5.08. The number of H-pyrrole nitrogens is 1. The average molecular weight is 414 g/mol. The van der Waals surface area contributed by atoms with Crippen LogP contribution in [-0.2, 0) is 11.2 Å². The predicted octanol–water partition coefficient (Wildman–Crippen LogP) is 3.58. The molecule has 7 N–H and O–H groups in total. The summed E-state index contributed by atoms with van der Waals surface area (Å²) in [6.45, 7) is 0. The van der Waals surface area contributed by atoms with Crippen LogP contribution < -0.4 is 21.5 Å². The van der Waals surface area contributed by atoms with Crippen LogP contribution in [0.4, 0.5) is 17.2 Å². The lowest BCUT2D eigenvalue weighted by atomic mass is 9.96. The minimum atomic E-state index is -0.239. The quantitative estimate of drug-likeness (QED) is 0.242. The first kappa shape index (κ1) is 20.0. The molecule has 0 atom stereocenters. The highest BCUT2D eigenvalue weighted by Crippen LogP contribution is 2.33. The number of ether oxygens (including phenoxy) is 1. The molecule has 31 heavy (non-hydrogen) atoms. The Balaban J connectivity index is 1.70. The molecule has 0 radical (unpaired) electrons. The average Bonchev–Trinajstić information content (AvgIpc) is 3.18. The molecule has 0 bridgehead atoms. The molecule has 0 aliphatic heterocycles. The summed E-state index contributed by atoms with van der Waals surface area (Å²) in [5, 5.41) is 11.5. The molecule has 0 saturated heterocycles. The minimum absolute atomic E-state index is 0.0462. The van der Waals surface area contributed by atoms with Crippen molar-refractivity contribution in [1.29, 1.82) is 5.41 Å². The van der Waals surface area contributed by atoms with E-state index < -0.39 is 0 Å². The van der Waals surface area contributed by atoms with Gasteiger partial charge in [-0.2, -0.15) is 0 Å². The smallest absolute Gasteiger partial charge is 0.228 e. The van der Waals surface area contributed by atoms with Crippen LogP contribution in [0.3, 0.4) is 0 Å². The van der Waals surface area contributed by atoms with Crippen molar-refractivity contribution in [3.63, 3.8) is 0 Å². The molecular formula is C23H22N6O2. The number of aromatic amines is 1. The van der Waals surface area contributed by atoms with Crippen LogP contribution in [0.1, 0.15) is 11.1 Å². The summed E-state index contributed by atoms with van der Waals surface area (Å²) in [6, 6.07) is 12.7. The largest absolute Gasteiger partial charge is 0.495 e. The Morgan fingerprint density at radius 1 is 1.26 bits per heavy atom.